The number of Topliss-reactive ketones (excluding diaryl/α,β-unsaturated/α-hetero) is 1. The van der Waals surface area contributed by atoms with Gasteiger partial charge >= 0.3 is 0 Å². The molecule has 1 aliphatic heterocycles. The molecule has 1 aromatic heterocycles. The molecule has 8 heteroatoms. The molecule has 160 valence electrons. The number of amides is 2. The minimum atomic E-state index is -1.09. The van der Waals surface area contributed by atoms with Crippen LogP contribution in [0.1, 0.15) is 49.8 Å². The molecule has 0 fully saturated rings. The highest BCUT2D eigenvalue weighted by Crippen LogP contribution is 2.20. The summed E-state index contributed by atoms with van der Waals surface area (Å²) in [5, 5.41) is 7.00. The van der Waals surface area contributed by atoms with E-state index in [2.05, 4.69) is 10.4 Å². The smallest absolute Gasteiger partial charge is 0.287 e. The van der Waals surface area contributed by atoms with Gasteiger partial charge < -0.3 is 15.8 Å². The van der Waals surface area contributed by atoms with Crippen molar-refractivity contribution in [1.82, 2.24) is 15.1 Å². The molecular formula is C22H28N4O4. The van der Waals surface area contributed by atoms with Crippen LogP contribution in [0.25, 0.3) is 5.69 Å². The predicted molar refractivity (Wildman–Crippen MR) is 114 cm³/mol. The molecule has 1 atom stereocenters. The molecule has 2 heterocycles. The van der Waals surface area contributed by atoms with Crippen molar-refractivity contribution in [2.75, 3.05) is 6.61 Å². The molecule has 1 aliphatic rings. The summed E-state index contributed by atoms with van der Waals surface area (Å²) in [4.78, 5) is 36.5. The number of aromatic nitrogens is 2. The molecule has 2 amide bonds. The van der Waals surface area contributed by atoms with Crippen LogP contribution in [0.15, 0.2) is 42.0 Å². The standard InChI is InChI=1S/C20H22N4O4.C2H6/c1-12-6-7-16(18(25)19(21)26)22-20(27)17-10-13(2)23-24(17)14-4-3-5-15(11-14)28-9-8-12;1-2/h3-6,10-11,16H,7-9H2,1-2H3,(H2,21,26)(H,22,27);1-2H3/b12-6+;/t16-;/m0./s1. The second-order valence-corrected chi connectivity index (χ2v) is 6.72. The molecule has 30 heavy (non-hydrogen) atoms. The van der Waals surface area contributed by atoms with Gasteiger partial charge in [0, 0.05) is 12.5 Å². The van der Waals surface area contributed by atoms with E-state index >= 15 is 0 Å². The number of nitrogens with zero attached hydrogens (tertiary/aromatic N) is 2. The average Bonchev–Trinajstić information content (AvgIpc) is 3.13. The zero-order valence-corrected chi connectivity index (χ0v) is 17.8. The van der Waals surface area contributed by atoms with Crippen molar-refractivity contribution in [2.45, 2.75) is 46.6 Å². The number of nitrogens with one attached hydrogen (secondary N) is 1. The molecular weight excluding hydrogens is 384 g/mol. The Balaban J connectivity index is 0.00000155. The number of benzene rings is 1. The number of fused-ring (bicyclic) bond motifs is 4. The molecule has 2 aromatic rings. The Morgan fingerprint density at radius 3 is 2.67 bits per heavy atom. The SMILES string of the molecule is C/C1=C\C[C@@H](C(=O)C(N)=O)NC(=O)c2cc(C)nn2-c2cccc(c2)OCC1.CC. The summed E-state index contributed by atoms with van der Waals surface area (Å²) in [6, 6.07) is 7.82. The molecule has 0 spiro atoms. The lowest BCUT2D eigenvalue weighted by Gasteiger charge is -2.17. The van der Waals surface area contributed by atoms with Gasteiger partial charge in [0.05, 0.1) is 18.0 Å². The van der Waals surface area contributed by atoms with E-state index in [4.69, 9.17) is 10.5 Å². The second kappa shape index (κ2) is 10.4. The maximum Gasteiger partial charge on any atom is 0.287 e. The molecule has 3 rings (SSSR count). The van der Waals surface area contributed by atoms with Gasteiger partial charge in [0.15, 0.2) is 0 Å². The van der Waals surface area contributed by atoms with Crippen molar-refractivity contribution < 1.29 is 19.1 Å². The number of ether oxygens (including phenoxy) is 1. The number of carbonyl (C=O) groups excluding carboxylic acids is 3. The van der Waals surface area contributed by atoms with Crippen LogP contribution in [-0.4, -0.2) is 40.0 Å². The number of nitrogens with two attached hydrogens (primary N) is 1. The Kier molecular flexibility index (Phi) is 7.91. The number of ketones is 1. The van der Waals surface area contributed by atoms with Crippen molar-refractivity contribution in [3.8, 4) is 11.4 Å². The lowest BCUT2D eigenvalue weighted by molar-refractivity contribution is -0.137. The van der Waals surface area contributed by atoms with Gasteiger partial charge in [0.25, 0.3) is 11.8 Å². The fourth-order valence-electron chi connectivity index (χ4n) is 2.95. The van der Waals surface area contributed by atoms with Gasteiger partial charge in [0.2, 0.25) is 5.78 Å². The summed E-state index contributed by atoms with van der Waals surface area (Å²) in [6.45, 7) is 8.12. The van der Waals surface area contributed by atoms with Crippen LogP contribution in [0.2, 0.25) is 0 Å². The molecule has 8 nitrogen and oxygen atoms in total. The molecule has 0 aliphatic carbocycles. The monoisotopic (exact) mass is 412 g/mol. The van der Waals surface area contributed by atoms with E-state index in [1.54, 1.807) is 31.2 Å². The molecule has 0 saturated heterocycles. The fraction of sp³-hybridized carbons (Fsp3) is 0.364. The fourth-order valence-corrected chi connectivity index (χ4v) is 2.95. The summed E-state index contributed by atoms with van der Waals surface area (Å²) in [6.07, 6.45) is 2.61. The highest BCUT2D eigenvalue weighted by atomic mass is 16.5. The maximum atomic E-state index is 12.9. The normalized spacial score (nSPS) is 18.2. The van der Waals surface area contributed by atoms with Crippen LogP contribution < -0.4 is 15.8 Å². The predicted octanol–water partition coefficient (Wildman–Crippen LogP) is 2.48. The Labute approximate surface area is 176 Å². The molecule has 1 aromatic carbocycles. The second-order valence-electron chi connectivity index (χ2n) is 6.72. The molecule has 0 radical (unpaired) electrons. The van der Waals surface area contributed by atoms with E-state index in [9.17, 15) is 14.4 Å². The zero-order valence-electron chi connectivity index (χ0n) is 17.8. The van der Waals surface area contributed by atoms with E-state index in [1.165, 1.54) is 4.68 Å². The van der Waals surface area contributed by atoms with Crippen molar-refractivity contribution in [3.63, 3.8) is 0 Å². The largest absolute Gasteiger partial charge is 0.493 e. The van der Waals surface area contributed by atoms with Gasteiger partial charge in [-0.05, 0) is 38.5 Å². The number of primary amides is 1. The number of hydrogen-bond acceptors (Lipinski definition) is 5. The average molecular weight is 412 g/mol. The van der Waals surface area contributed by atoms with E-state index in [1.807, 2.05) is 32.9 Å². The van der Waals surface area contributed by atoms with Crippen molar-refractivity contribution >= 4 is 17.6 Å². The molecule has 2 bridgehead atoms. The first-order valence-electron chi connectivity index (χ1n) is 9.95. The quantitative estimate of drug-likeness (QED) is 0.581. The Bertz CT molecular complexity index is 962. The Morgan fingerprint density at radius 2 is 1.97 bits per heavy atom. The van der Waals surface area contributed by atoms with Gasteiger partial charge in [-0.3, -0.25) is 14.4 Å². The summed E-state index contributed by atoms with van der Waals surface area (Å²) in [5.74, 6) is -1.78. The number of carbonyl (C=O) groups is 3. The summed E-state index contributed by atoms with van der Waals surface area (Å²) >= 11 is 0. The van der Waals surface area contributed by atoms with Crippen molar-refractivity contribution in [3.05, 3.63) is 53.4 Å². The van der Waals surface area contributed by atoms with Gasteiger partial charge in [-0.1, -0.05) is 31.6 Å². The van der Waals surface area contributed by atoms with Gasteiger partial charge in [-0.15, -0.1) is 0 Å². The number of hydrogen-bond donors (Lipinski definition) is 2. The lowest BCUT2D eigenvalue weighted by Crippen LogP contribution is -2.46. The van der Waals surface area contributed by atoms with E-state index in [-0.39, 0.29) is 12.1 Å². The zero-order chi connectivity index (χ0) is 22.3. The minimum absolute atomic E-state index is 0.164. The highest BCUT2D eigenvalue weighted by Gasteiger charge is 2.26. The van der Waals surface area contributed by atoms with Crippen molar-refractivity contribution in [1.29, 1.82) is 0 Å². The summed E-state index contributed by atoms with van der Waals surface area (Å²) in [5.41, 5.74) is 7.66. The van der Waals surface area contributed by atoms with Gasteiger partial charge in [-0.2, -0.15) is 5.10 Å². The van der Waals surface area contributed by atoms with Gasteiger partial charge in [0.1, 0.15) is 17.5 Å². The highest BCUT2D eigenvalue weighted by molar-refractivity contribution is 6.38. The summed E-state index contributed by atoms with van der Waals surface area (Å²) < 4.78 is 7.28. The first kappa shape index (κ1) is 22.9. The molecule has 0 saturated carbocycles. The number of aryl methyl sites for hydroxylation is 1. The van der Waals surface area contributed by atoms with E-state index < -0.39 is 23.6 Å². The first-order valence-corrected chi connectivity index (χ1v) is 9.95. The molecule has 0 unspecified atom stereocenters. The van der Waals surface area contributed by atoms with Crippen LogP contribution in [0.3, 0.4) is 0 Å². The number of rotatable bonds is 2. The van der Waals surface area contributed by atoms with E-state index in [0.717, 1.165) is 5.57 Å². The third kappa shape index (κ3) is 5.56. The first-order chi connectivity index (χ1) is 14.3. The van der Waals surface area contributed by atoms with Crippen LogP contribution in [0.4, 0.5) is 0 Å². The maximum absolute atomic E-state index is 12.9. The van der Waals surface area contributed by atoms with Crippen LogP contribution >= 0.6 is 0 Å². The molecule has 3 N–H and O–H groups in total. The van der Waals surface area contributed by atoms with Gasteiger partial charge in [-0.25, -0.2) is 4.68 Å². The van der Waals surface area contributed by atoms with Crippen LogP contribution in [0.5, 0.6) is 5.75 Å². The van der Waals surface area contributed by atoms with Crippen LogP contribution in [-0.2, 0) is 9.59 Å². The minimum Gasteiger partial charge on any atom is -0.493 e. The topological polar surface area (TPSA) is 116 Å². The third-order valence-electron chi connectivity index (χ3n) is 4.46. The Hall–Kier alpha value is -3.42. The van der Waals surface area contributed by atoms with Crippen LogP contribution in [0, 0.1) is 6.92 Å². The van der Waals surface area contributed by atoms with Crippen molar-refractivity contribution in [2.24, 2.45) is 5.73 Å². The van der Waals surface area contributed by atoms with E-state index in [0.29, 0.717) is 30.2 Å². The Morgan fingerprint density at radius 1 is 1.23 bits per heavy atom. The summed E-state index contributed by atoms with van der Waals surface area (Å²) in [7, 11) is 0. The lowest BCUT2D eigenvalue weighted by atomic mass is 10.0. The third-order valence-corrected chi connectivity index (χ3v) is 4.46.